The number of rotatable bonds is 7. The minimum absolute atomic E-state index is 0.00171. The molecule has 1 aliphatic carbocycles. The maximum atomic E-state index is 13.0. The van der Waals surface area contributed by atoms with E-state index < -0.39 is 21.1 Å². The van der Waals surface area contributed by atoms with Crippen molar-refractivity contribution >= 4 is 21.6 Å². The van der Waals surface area contributed by atoms with E-state index in [0.29, 0.717) is 18.2 Å². The van der Waals surface area contributed by atoms with Crippen molar-refractivity contribution in [3.05, 3.63) is 30.6 Å². The number of hydrogen-bond acceptors (Lipinski definition) is 6. The molecule has 2 heterocycles. The molecule has 1 amide bonds. The summed E-state index contributed by atoms with van der Waals surface area (Å²) in [7, 11) is -3.49. The van der Waals surface area contributed by atoms with Gasteiger partial charge in [0.1, 0.15) is 6.04 Å². The van der Waals surface area contributed by atoms with Gasteiger partial charge in [-0.1, -0.05) is 25.7 Å². The zero-order valence-electron chi connectivity index (χ0n) is 16.5. The number of aryl methyl sites for hydroxylation is 1. The number of sulfone groups is 1. The number of nitrogens with zero attached hydrogens (tertiary/aromatic N) is 4. The molecule has 1 aliphatic rings. The van der Waals surface area contributed by atoms with E-state index in [2.05, 4.69) is 20.3 Å². The number of anilines is 1. The van der Waals surface area contributed by atoms with Crippen LogP contribution in [0.15, 0.2) is 29.9 Å². The van der Waals surface area contributed by atoms with Crippen LogP contribution in [0.1, 0.15) is 57.7 Å². The van der Waals surface area contributed by atoms with Gasteiger partial charge in [0.05, 0.1) is 29.7 Å². The van der Waals surface area contributed by atoms with E-state index in [1.807, 2.05) is 6.92 Å². The monoisotopic (exact) mass is 405 g/mol. The maximum absolute atomic E-state index is 13.0. The van der Waals surface area contributed by atoms with Gasteiger partial charge in [0.25, 0.3) is 0 Å². The Labute approximate surface area is 165 Å². The molecule has 0 radical (unpaired) electrons. The van der Waals surface area contributed by atoms with Crippen molar-refractivity contribution in [1.29, 1.82) is 0 Å². The van der Waals surface area contributed by atoms with Crippen LogP contribution in [0, 0.1) is 12.8 Å². The highest BCUT2D eigenvalue weighted by molar-refractivity contribution is 7.91. The first-order chi connectivity index (χ1) is 13.3. The quantitative estimate of drug-likeness (QED) is 0.759. The minimum Gasteiger partial charge on any atom is -0.324 e. The summed E-state index contributed by atoms with van der Waals surface area (Å²) in [5.74, 6) is 0.575. The molecule has 0 aliphatic heterocycles. The second-order valence-electron chi connectivity index (χ2n) is 7.69. The van der Waals surface area contributed by atoms with Gasteiger partial charge in [-0.05, 0) is 33.1 Å². The second kappa shape index (κ2) is 8.38. The molecule has 1 fully saturated rings. The van der Waals surface area contributed by atoms with Gasteiger partial charge in [-0.2, -0.15) is 0 Å². The summed E-state index contributed by atoms with van der Waals surface area (Å²) >= 11 is 0. The van der Waals surface area contributed by atoms with Gasteiger partial charge >= 0.3 is 0 Å². The summed E-state index contributed by atoms with van der Waals surface area (Å²) in [6.45, 7) is 5.06. The average Bonchev–Trinajstić information content (AvgIpc) is 3.33. The molecule has 1 saturated carbocycles. The Balaban J connectivity index is 1.85. The lowest BCUT2D eigenvalue weighted by Gasteiger charge is -2.21. The fourth-order valence-electron chi connectivity index (χ4n) is 3.47. The van der Waals surface area contributed by atoms with Gasteiger partial charge in [0.15, 0.2) is 20.7 Å². The van der Waals surface area contributed by atoms with Crippen molar-refractivity contribution in [2.45, 2.75) is 69.2 Å². The number of aromatic nitrogens is 4. The molecule has 28 heavy (non-hydrogen) atoms. The molecule has 1 atom stereocenters. The molecule has 0 aromatic carbocycles. The fraction of sp³-hybridized carbons (Fsp3) is 0.579. The maximum Gasteiger partial charge on any atom is 0.248 e. The van der Waals surface area contributed by atoms with Crippen molar-refractivity contribution in [3.63, 3.8) is 0 Å². The smallest absolute Gasteiger partial charge is 0.248 e. The molecule has 0 saturated heterocycles. The van der Waals surface area contributed by atoms with E-state index in [-0.39, 0.29) is 10.9 Å². The van der Waals surface area contributed by atoms with E-state index in [9.17, 15) is 13.2 Å². The van der Waals surface area contributed by atoms with Gasteiger partial charge in [0.2, 0.25) is 5.91 Å². The number of carbonyl (C=O) groups is 1. The highest BCUT2D eigenvalue weighted by Gasteiger charge is 2.29. The lowest BCUT2D eigenvalue weighted by Crippen LogP contribution is -2.27. The number of amides is 1. The van der Waals surface area contributed by atoms with Crippen LogP contribution in [0.3, 0.4) is 0 Å². The molecule has 0 bridgehead atoms. The van der Waals surface area contributed by atoms with Gasteiger partial charge in [0, 0.05) is 6.20 Å². The van der Waals surface area contributed by atoms with Crippen LogP contribution < -0.4 is 5.32 Å². The summed E-state index contributed by atoms with van der Waals surface area (Å²) in [5, 5.41) is 2.23. The summed E-state index contributed by atoms with van der Waals surface area (Å²) in [6, 6.07) is -0.546. The Morgan fingerprint density at radius 1 is 1.21 bits per heavy atom. The van der Waals surface area contributed by atoms with Crippen molar-refractivity contribution in [2.75, 3.05) is 5.32 Å². The first-order valence-electron chi connectivity index (χ1n) is 9.64. The standard InChI is InChI=1S/C19H27N5O3S/c1-13(2)28(26,27)18-11-24(12-22-18)16(8-15-6-4-5-7-15)19(25)23-17-10-20-14(3)9-21-17/h9-13,15-16H,4-8H2,1-3H3,(H,21,23,25). The van der Waals surface area contributed by atoms with Crippen molar-refractivity contribution in [1.82, 2.24) is 19.5 Å². The SMILES string of the molecule is Cc1cnc(NC(=O)C(CC2CCCC2)n2cnc(S(=O)(=O)C(C)C)c2)cn1. The Hall–Kier alpha value is -2.29. The molecule has 1 N–H and O–H groups in total. The predicted octanol–water partition coefficient (Wildman–Crippen LogP) is 2.92. The number of nitrogens with one attached hydrogen (secondary N) is 1. The first kappa shape index (κ1) is 20.4. The van der Waals surface area contributed by atoms with Gasteiger partial charge in [-0.3, -0.25) is 9.78 Å². The Kier molecular flexibility index (Phi) is 6.12. The van der Waals surface area contributed by atoms with Crippen LogP contribution in [0.2, 0.25) is 0 Å². The lowest BCUT2D eigenvalue weighted by atomic mass is 9.97. The molecule has 2 aromatic rings. The van der Waals surface area contributed by atoms with Gasteiger partial charge in [-0.15, -0.1) is 0 Å². The van der Waals surface area contributed by atoms with Gasteiger partial charge < -0.3 is 9.88 Å². The number of hydrogen-bond donors (Lipinski definition) is 1. The molecule has 1 unspecified atom stereocenters. The van der Waals surface area contributed by atoms with Crippen molar-refractivity contribution in [3.8, 4) is 0 Å². The Morgan fingerprint density at radius 2 is 1.93 bits per heavy atom. The van der Waals surface area contributed by atoms with Crippen LogP contribution in [-0.4, -0.2) is 39.1 Å². The number of imidazole rings is 1. The predicted molar refractivity (Wildman–Crippen MR) is 106 cm³/mol. The zero-order chi connectivity index (χ0) is 20.3. The summed E-state index contributed by atoms with van der Waals surface area (Å²) in [5.41, 5.74) is 0.763. The average molecular weight is 406 g/mol. The molecule has 3 rings (SSSR count). The zero-order valence-corrected chi connectivity index (χ0v) is 17.3. The lowest BCUT2D eigenvalue weighted by molar-refractivity contribution is -0.119. The third kappa shape index (κ3) is 4.57. The third-order valence-corrected chi connectivity index (χ3v) is 7.25. The normalized spacial score (nSPS) is 16.4. The first-order valence-corrected chi connectivity index (χ1v) is 11.2. The second-order valence-corrected chi connectivity index (χ2v) is 10.1. The molecule has 0 spiro atoms. The Bertz CT molecular complexity index is 915. The molecule has 8 nitrogen and oxygen atoms in total. The highest BCUT2D eigenvalue weighted by atomic mass is 32.2. The van der Waals surface area contributed by atoms with E-state index in [0.717, 1.165) is 18.5 Å². The van der Waals surface area contributed by atoms with Crippen LogP contribution in [0.5, 0.6) is 0 Å². The summed E-state index contributed by atoms with van der Waals surface area (Å²) < 4.78 is 26.4. The van der Waals surface area contributed by atoms with E-state index in [1.54, 1.807) is 24.6 Å². The van der Waals surface area contributed by atoms with Crippen molar-refractivity contribution in [2.24, 2.45) is 5.92 Å². The molecule has 152 valence electrons. The topological polar surface area (TPSA) is 107 Å². The summed E-state index contributed by atoms with van der Waals surface area (Å²) in [4.78, 5) is 25.4. The molecule has 9 heteroatoms. The molecular formula is C19H27N5O3S. The van der Waals surface area contributed by atoms with Crippen LogP contribution >= 0.6 is 0 Å². The number of carbonyl (C=O) groups excluding carboxylic acids is 1. The van der Waals surface area contributed by atoms with Crippen molar-refractivity contribution < 1.29 is 13.2 Å². The molecular weight excluding hydrogens is 378 g/mol. The summed E-state index contributed by atoms with van der Waals surface area (Å²) in [6.07, 6.45) is 11.2. The highest BCUT2D eigenvalue weighted by Crippen LogP contribution is 2.33. The largest absolute Gasteiger partial charge is 0.324 e. The van der Waals surface area contributed by atoms with Crippen LogP contribution in [0.4, 0.5) is 5.82 Å². The van der Waals surface area contributed by atoms with E-state index >= 15 is 0 Å². The Morgan fingerprint density at radius 3 is 2.54 bits per heavy atom. The molecule has 2 aromatic heterocycles. The van der Waals surface area contributed by atoms with E-state index in [4.69, 9.17) is 0 Å². The van der Waals surface area contributed by atoms with E-state index in [1.165, 1.54) is 31.6 Å². The van der Waals surface area contributed by atoms with Gasteiger partial charge in [-0.25, -0.2) is 18.4 Å². The third-order valence-electron chi connectivity index (χ3n) is 5.22. The minimum atomic E-state index is -3.49. The van der Waals surface area contributed by atoms with Crippen LogP contribution in [0.25, 0.3) is 0 Å². The van der Waals surface area contributed by atoms with Crippen LogP contribution in [-0.2, 0) is 14.6 Å². The fourth-order valence-corrected chi connectivity index (χ4v) is 4.41.